The van der Waals surface area contributed by atoms with Crippen molar-refractivity contribution in [2.75, 3.05) is 6.67 Å². The van der Waals surface area contributed by atoms with Gasteiger partial charge >= 0.3 is 6.00 Å². The molecular formula is C8H16Cl3FSi. The molecule has 13 heavy (non-hydrogen) atoms. The third-order valence-corrected chi connectivity index (χ3v) is 4.47. The van der Waals surface area contributed by atoms with E-state index in [9.17, 15) is 4.39 Å². The van der Waals surface area contributed by atoms with Crippen LogP contribution in [-0.4, -0.2) is 12.7 Å². The first kappa shape index (κ1) is 14.0. The Bertz CT molecular complexity index is 116. The average molecular weight is 266 g/mol. The van der Waals surface area contributed by atoms with Crippen LogP contribution in [0.15, 0.2) is 0 Å². The molecule has 0 aromatic heterocycles. The molecule has 0 rings (SSSR count). The van der Waals surface area contributed by atoms with Gasteiger partial charge in [-0.2, -0.15) is 0 Å². The van der Waals surface area contributed by atoms with Gasteiger partial charge in [0.15, 0.2) is 0 Å². The molecule has 0 aliphatic rings. The van der Waals surface area contributed by atoms with Gasteiger partial charge in [0.2, 0.25) is 0 Å². The van der Waals surface area contributed by atoms with Crippen LogP contribution in [0.4, 0.5) is 4.39 Å². The SMILES string of the molecule is FCCCCCCCC[Si](Cl)(Cl)Cl. The number of alkyl halides is 1. The number of rotatable bonds is 8. The normalized spacial score (nSPS) is 12.0. The molecule has 0 bridgehead atoms. The lowest BCUT2D eigenvalue weighted by Crippen LogP contribution is -2.07. The van der Waals surface area contributed by atoms with E-state index in [2.05, 4.69) is 0 Å². The fourth-order valence-corrected chi connectivity index (χ4v) is 2.98. The molecule has 0 spiro atoms. The predicted molar refractivity (Wildman–Crippen MR) is 61.8 cm³/mol. The minimum atomic E-state index is -2.38. The van der Waals surface area contributed by atoms with E-state index < -0.39 is 6.00 Å². The summed E-state index contributed by atoms with van der Waals surface area (Å²) in [4.78, 5) is 0. The van der Waals surface area contributed by atoms with E-state index in [4.69, 9.17) is 33.2 Å². The van der Waals surface area contributed by atoms with Gasteiger partial charge in [-0.1, -0.05) is 32.1 Å². The van der Waals surface area contributed by atoms with E-state index >= 15 is 0 Å². The lowest BCUT2D eigenvalue weighted by Gasteiger charge is -2.06. The summed E-state index contributed by atoms with van der Waals surface area (Å²) in [5.41, 5.74) is 0. The van der Waals surface area contributed by atoms with E-state index in [1.165, 1.54) is 0 Å². The first-order valence-electron chi connectivity index (χ1n) is 4.69. The van der Waals surface area contributed by atoms with Crippen molar-refractivity contribution in [3.8, 4) is 0 Å². The van der Waals surface area contributed by atoms with Crippen LogP contribution >= 0.6 is 33.2 Å². The first-order chi connectivity index (χ1) is 6.06. The van der Waals surface area contributed by atoms with Crippen LogP contribution in [0.2, 0.25) is 6.04 Å². The van der Waals surface area contributed by atoms with Crippen molar-refractivity contribution in [3.63, 3.8) is 0 Å². The van der Waals surface area contributed by atoms with Crippen LogP contribution in [0, 0.1) is 0 Å². The summed E-state index contributed by atoms with van der Waals surface area (Å²) in [6, 6.07) is -1.63. The lowest BCUT2D eigenvalue weighted by molar-refractivity contribution is 0.451. The number of unbranched alkanes of at least 4 members (excludes halogenated alkanes) is 5. The maximum atomic E-state index is 11.7. The van der Waals surface area contributed by atoms with E-state index in [1.54, 1.807) is 0 Å². The van der Waals surface area contributed by atoms with Gasteiger partial charge < -0.3 is 0 Å². The van der Waals surface area contributed by atoms with Crippen LogP contribution in [0.25, 0.3) is 0 Å². The summed E-state index contributed by atoms with van der Waals surface area (Å²) < 4.78 is 11.7. The summed E-state index contributed by atoms with van der Waals surface area (Å²) in [5, 5.41) is 0. The molecule has 0 fully saturated rings. The third kappa shape index (κ3) is 13.0. The summed E-state index contributed by atoms with van der Waals surface area (Å²) in [5.74, 6) is 0. The highest BCUT2D eigenvalue weighted by Gasteiger charge is 2.23. The lowest BCUT2D eigenvalue weighted by atomic mass is 10.1. The Hall–Kier alpha value is 1.02. The Kier molecular flexibility index (Phi) is 8.99. The molecule has 0 aromatic carbocycles. The van der Waals surface area contributed by atoms with E-state index in [0.29, 0.717) is 6.42 Å². The highest BCUT2D eigenvalue weighted by Crippen LogP contribution is 2.27. The Morgan fingerprint density at radius 1 is 0.769 bits per heavy atom. The molecule has 0 radical (unpaired) electrons. The van der Waals surface area contributed by atoms with Gasteiger partial charge in [0, 0.05) is 0 Å². The van der Waals surface area contributed by atoms with Gasteiger partial charge in [0.1, 0.15) is 0 Å². The van der Waals surface area contributed by atoms with Crippen molar-refractivity contribution in [2.45, 2.75) is 44.6 Å². The van der Waals surface area contributed by atoms with Gasteiger partial charge in [0.25, 0.3) is 0 Å². The zero-order valence-corrected chi connectivity index (χ0v) is 10.9. The van der Waals surface area contributed by atoms with Crippen LogP contribution in [0.3, 0.4) is 0 Å². The quantitative estimate of drug-likeness (QED) is 0.331. The molecule has 0 aliphatic carbocycles. The molecule has 0 aliphatic heterocycles. The molecular weight excluding hydrogens is 250 g/mol. The third-order valence-electron chi connectivity index (χ3n) is 1.84. The van der Waals surface area contributed by atoms with Crippen LogP contribution in [0.5, 0.6) is 0 Å². The maximum Gasteiger partial charge on any atom is 0.341 e. The molecule has 0 unspecified atom stereocenters. The monoisotopic (exact) mass is 264 g/mol. The molecule has 0 saturated heterocycles. The summed E-state index contributed by atoms with van der Waals surface area (Å²) in [7, 11) is 0. The van der Waals surface area contributed by atoms with Crippen molar-refractivity contribution in [1.29, 1.82) is 0 Å². The number of halogens is 4. The fourth-order valence-electron chi connectivity index (χ4n) is 1.13. The molecule has 0 saturated carbocycles. The summed E-state index contributed by atoms with van der Waals surface area (Å²) in [6.45, 7) is -0.193. The predicted octanol–water partition coefficient (Wildman–Crippen LogP) is 4.95. The summed E-state index contributed by atoms with van der Waals surface area (Å²) in [6.07, 6.45) is 6.02. The largest absolute Gasteiger partial charge is 0.341 e. The minimum Gasteiger partial charge on any atom is -0.251 e. The van der Waals surface area contributed by atoms with Crippen LogP contribution in [0.1, 0.15) is 38.5 Å². The van der Waals surface area contributed by atoms with Gasteiger partial charge in [-0.3, -0.25) is 4.39 Å². The zero-order chi connectivity index (χ0) is 10.2. The van der Waals surface area contributed by atoms with Gasteiger partial charge in [-0.25, -0.2) is 0 Å². The molecule has 0 atom stereocenters. The smallest absolute Gasteiger partial charge is 0.251 e. The minimum absolute atomic E-state index is 0.193. The molecule has 0 aromatic rings. The number of hydrogen-bond acceptors (Lipinski definition) is 0. The van der Waals surface area contributed by atoms with Crippen molar-refractivity contribution < 1.29 is 4.39 Å². The summed E-state index contributed by atoms with van der Waals surface area (Å²) >= 11 is 17.1. The molecule has 0 heterocycles. The fraction of sp³-hybridized carbons (Fsp3) is 1.00. The second kappa shape index (κ2) is 8.34. The average Bonchev–Trinajstić information content (AvgIpc) is 2.01. The van der Waals surface area contributed by atoms with E-state index in [1.807, 2.05) is 0 Å². The Morgan fingerprint density at radius 2 is 1.23 bits per heavy atom. The van der Waals surface area contributed by atoms with Crippen LogP contribution < -0.4 is 0 Å². The zero-order valence-electron chi connectivity index (χ0n) is 7.67. The van der Waals surface area contributed by atoms with Gasteiger partial charge in [0.05, 0.1) is 6.67 Å². The molecule has 0 amide bonds. The van der Waals surface area contributed by atoms with Crippen molar-refractivity contribution in [2.24, 2.45) is 0 Å². The standard InChI is InChI=1S/C8H16Cl3FSi/c9-13(10,11)8-6-4-2-1-3-5-7-12/h1-8H2. The van der Waals surface area contributed by atoms with Crippen molar-refractivity contribution in [1.82, 2.24) is 0 Å². The van der Waals surface area contributed by atoms with E-state index in [-0.39, 0.29) is 6.67 Å². The topological polar surface area (TPSA) is 0 Å². The molecule has 5 heteroatoms. The number of hydrogen-bond donors (Lipinski definition) is 0. The van der Waals surface area contributed by atoms with Crippen molar-refractivity contribution >= 4 is 39.2 Å². The Labute approximate surface area is 94.9 Å². The molecule has 80 valence electrons. The van der Waals surface area contributed by atoms with E-state index in [0.717, 1.165) is 38.1 Å². The highest BCUT2D eigenvalue weighted by atomic mass is 35.8. The Balaban J connectivity index is 3.00. The molecule has 0 nitrogen and oxygen atoms in total. The highest BCUT2D eigenvalue weighted by molar-refractivity contribution is 7.64. The first-order valence-corrected chi connectivity index (χ1v) is 9.93. The van der Waals surface area contributed by atoms with Crippen molar-refractivity contribution in [3.05, 3.63) is 0 Å². The van der Waals surface area contributed by atoms with Crippen LogP contribution in [-0.2, 0) is 0 Å². The molecule has 0 N–H and O–H groups in total. The van der Waals surface area contributed by atoms with Gasteiger partial charge in [-0.15, -0.1) is 33.2 Å². The Morgan fingerprint density at radius 3 is 1.69 bits per heavy atom. The second-order valence-corrected chi connectivity index (χ2v) is 12.5. The maximum absolute atomic E-state index is 11.7. The second-order valence-electron chi connectivity index (χ2n) is 3.18. The van der Waals surface area contributed by atoms with Gasteiger partial charge in [-0.05, 0) is 12.5 Å².